The Bertz CT molecular complexity index is 387. The molecule has 0 spiro atoms. The SMILES string of the molecule is Cn1cc(CC2(CBr)CC3CCC2C3)cn1. The summed E-state index contributed by atoms with van der Waals surface area (Å²) in [5, 5.41) is 5.45. The summed E-state index contributed by atoms with van der Waals surface area (Å²) in [5.74, 6) is 1.97. The quantitative estimate of drug-likeness (QED) is 0.779. The van der Waals surface area contributed by atoms with E-state index in [2.05, 4.69) is 27.2 Å². The van der Waals surface area contributed by atoms with E-state index >= 15 is 0 Å². The van der Waals surface area contributed by atoms with Gasteiger partial charge in [0, 0.05) is 18.6 Å². The van der Waals surface area contributed by atoms with Crippen LogP contribution in [0.1, 0.15) is 31.2 Å². The summed E-state index contributed by atoms with van der Waals surface area (Å²) in [5.41, 5.74) is 1.95. The predicted octanol–water partition coefficient (Wildman–Crippen LogP) is 3.16. The Morgan fingerprint density at radius 3 is 2.94 bits per heavy atom. The van der Waals surface area contributed by atoms with Gasteiger partial charge in [0.15, 0.2) is 0 Å². The van der Waals surface area contributed by atoms with Gasteiger partial charge >= 0.3 is 0 Å². The summed E-state index contributed by atoms with van der Waals surface area (Å²) in [6.45, 7) is 0. The van der Waals surface area contributed by atoms with Gasteiger partial charge in [-0.2, -0.15) is 5.10 Å². The van der Waals surface area contributed by atoms with Gasteiger partial charge in [-0.05, 0) is 48.5 Å². The van der Waals surface area contributed by atoms with Gasteiger partial charge in [-0.3, -0.25) is 4.68 Å². The van der Waals surface area contributed by atoms with Crippen LogP contribution in [0.2, 0.25) is 0 Å². The van der Waals surface area contributed by atoms with Crippen LogP contribution in [0.15, 0.2) is 12.4 Å². The van der Waals surface area contributed by atoms with Crippen molar-refractivity contribution in [3.63, 3.8) is 0 Å². The molecule has 0 aliphatic heterocycles. The Labute approximate surface area is 106 Å². The molecule has 3 rings (SSSR count). The highest BCUT2D eigenvalue weighted by Gasteiger charge is 2.49. The first kappa shape index (κ1) is 10.8. The molecule has 2 aliphatic carbocycles. The van der Waals surface area contributed by atoms with E-state index in [4.69, 9.17) is 0 Å². The van der Waals surface area contributed by atoms with Crippen LogP contribution in [0.3, 0.4) is 0 Å². The van der Waals surface area contributed by atoms with E-state index < -0.39 is 0 Å². The van der Waals surface area contributed by atoms with Crippen LogP contribution in [0.5, 0.6) is 0 Å². The van der Waals surface area contributed by atoms with E-state index in [0.29, 0.717) is 5.41 Å². The average molecular weight is 283 g/mol. The molecule has 2 bridgehead atoms. The first-order valence-corrected chi connectivity index (χ1v) is 7.37. The fourth-order valence-corrected chi connectivity index (χ4v) is 4.84. The summed E-state index contributed by atoms with van der Waals surface area (Å²) >= 11 is 3.77. The number of alkyl halides is 1. The van der Waals surface area contributed by atoms with Gasteiger partial charge < -0.3 is 0 Å². The largest absolute Gasteiger partial charge is 0.276 e. The number of rotatable bonds is 3. The van der Waals surface area contributed by atoms with Gasteiger partial charge in [0.25, 0.3) is 0 Å². The van der Waals surface area contributed by atoms with E-state index in [9.17, 15) is 0 Å². The lowest BCUT2D eigenvalue weighted by atomic mass is 9.71. The van der Waals surface area contributed by atoms with Crippen LogP contribution in [0, 0.1) is 17.3 Å². The van der Waals surface area contributed by atoms with Gasteiger partial charge in [0.2, 0.25) is 0 Å². The third-order valence-electron chi connectivity index (χ3n) is 4.68. The fraction of sp³-hybridized carbons (Fsp3) is 0.769. The van der Waals surface area contributed by atoms with Crippen molar-refractivity contribution in [2.45, 2.75) is 32.1 Å². The normalized spacial score (nSPS) is 37.1. The smallest absolute Gasteiger partial charge is 0.0521 e. The third-order valence-corrected chi connectivity index (χ3v) is 5.80. The minimum absolute atomic E-state index is 0.534. The van der Waals surface area contributed by atoms with E-state index in [1.54, 1.807) is 0 Å². The standard InChI is InChI=1S/C13H19BrN2/c1-16-8-11(7-15-16)6-13(9-14)5-10-2-3-12(13)4-10/h7-8,10,12H,2-6,9H2,1H3. The predicted molar refractivity (Wildman–Crippen MR) is 68.6 cm³/mol. The molecule has 2 aliphatic rings. The lowest BCUT2D eigenvalue weighted by molar-refractivity contribution is 0.197. The molecular formula is C13H19BrN2. The minimum Gasteiger partial charge on any atom is -0.276 e. The molecule has 0 saturated heterocycles. The minimum atomic E-state index is 0.534. The van der Waals surface area contributed by atoms with Crippen LogP contribution in [-0.2, 0) is 13.5 Å². The van der Waals surface area contributed by atoms with E-state index in [0.717, 1.165) is 17.2 Å². The van der Waals surface area contributed by atoms with Crippen LogP contribution in [0.25, 0.3) is 0 Å². The van der Waals surface area contributed by atoms with Crippen molar-refractivity contribution in [2.24, 2.45) is 24.3 Å². The second kappa shape index (κ2) is 3.86. The van der Waals surface area contributed by atoms with Crippen molar-refractivity contribution in [2.75, 3.05) is 5.33 Å². The van der Waals surface area contributed by atoms with E-state index in [1.165, 1.54) is 37.7 Å². The molecule has 2 fully saturated rings. The Morgan fingerprint density at radius 1 is 1.56 bits per heavy atom. The summed E-state index contributed by atoms with van der Waals surface area (Å²) in [6.07, 6.45) is 11.3. The molecule has 3 atom stereocenters. The maximum Gasteiger partial charge on any atom is 0.0521 e. The lowest BCUT2D eigenvalue weighted by Crippen LogP contribution is -2.31. The topological polar surface area (TPSA) is 17.8 Å². The molecule has 3 unspecified atom stereocenters. The maximum absolute atomic E-state index is 4.29. The number of aryl methyl sites for hydroxylation is 1. The molecule has 2 nitrogen and oxygen atoms in total. The highest BCUT2D eigenvalue weighted by Crippen LogP contribution is 2.57. The molecule has 1 aromatic heterocycles. The summed E-state index contributed by atoms with van der Waals surface area (Å²) in [7, 11) is 2.01. The Kier molecular flexibility index (Phi) is 2.61. The number of fused-ring (bicyclic) bond motifs is 2. The zero-order chi connectivity index (χ0) is 11.2. The maximum atomic E-state index is 4.29. The molecule has 3 heteroatoms. The van der Waals surface area contributed by atoms with Gasteiger partial charge in [-0.15, -0.1) is 0 Å². The molecule has 0 aromatic carbocycles. The van der Waals surface area contributed by atoms with E-state index in [1.807, 2.05) is 17.9 Å². The number of halogens is 1. The second-order valence-corrected chi connectivity index (χ2v) is 6.34. The molecule has 1 heterocycles. The zero-order valence-corrected chi connectivity index (χ0v) is 11.4. The summed E-state index contributed by atoms with van der Waals surface area (Å²) < 4.78 is 1.92. The van der Waals surface area contributed by atoms with Crippen LogP contribution >= 0.6 is 15.9 Å². The van der Waals surface area contributed by atoms with Gasteiger partial charge in [-0.1, -0.05) is 22.4 Å². The summed E-state index contributed by atoms with van der Waals surface area (Å²) in [6, 6.07) is 0. The molecule has 2 saturated carbocycles. The van der Waals surface area contributed by atoms with Crippen molar-refractivity contribution in [3.05, 3.63) is 18.0 Å². The number of aromatic nitrogens is 2. The average Bonchev–Trinajstić information content (AvgIpc) is 2.94. The molecule has 16 heavy (non-hydrogen) atoms. The van der Waals surface area contributed by atoms with Crippen molar-refractivity contribution < 1.29 is 0 Å². The Morgan fingerprint density at radius 2 is 2.44 bits per heavy atom. The number of hydrogen-bond donors (Lipinski definition) is 0. The molecule has 0 amide bonds. The van der Waals surface area contributed by atoms with Crippen molar-refractivity contribution in [3.8, 4) is 0 Å². The number of hydrogen-bond acceptors (Lipinski definition) is 1. The van der Waals surface area contributed by atoms with Crippen LogP contribution in [0.4, 0.5) is 0 Å². The van der Waals surface area contributed by atoms with Crippen molar-refractivity contribution in [1.82, 2.24) is 9.78 Å². The van der Waals surface area contributed by atoms with Crippen molar-refractivity contribution >= 4 is 15.9 Å². The van der Waals surface area contributed by atoms with Crippen molar-refractivity contribution in [1.29, 1.82) is 0 Å². The highest BCUT2D eigenvalue weighted by atomic mass is 79.9. The first-order valence-electron chi connectivity index (χ1n) is 6.25. The van der Waals surface area contributed by atoms with Gasteiger partial charge in [0.05, 0.1) is 6.20 Å². The van der Waals surface area contributed by atoms with E-state index in [-0.39, 0.29) is 0 Å². The molecule has 1 aromatic rings. The monoisotopic (exact) mass is 282 g/mol. The zero-order valence-electron chi connectivity index (χ0n) is 9.82. The van der Waals surface area contributed by atoms with Crippen LogP contribution in [-0.4, -0.2) is 15.1 Å². The van der Waals surface area contributed by atoms with Gasteiger partial charge in [0.1, 0.15) is 0 Å². The summed E-state index contributed by atoms with van der Waals surface area (Å²) in [4.78, 5) is 0. The Hall–Kier alpha value is -0.310. The molecule has 0 N–H and O–H groups in total. The third kappa shape index (κ3) is 1.64. The van der Waals surface area contributed by atoms with Gasteiger partial charge in [-0.25, -0.2) is 0 Å². The fourth-order valence-electron chi connectivity index (χ4n) is 3.96. The molecule has 0 radical (unpaired) electrons. The van der Waals surface area contributed by atoms with Crippen LogP contribution < -0.4 is 0 Å². The second-order valence-electron chi connectivity index (χ2n) is 5.78. The first-order chi connectivity index (χ1) is 7.72. The lowest BCUT2D eigenvalue weighted by Gasteiger charge is -2.36. The molecular weight excluding hydrogens is 264 g/mol. The highest BCUT2D eigenvalue weighted by molar-refractivity contribution is 9.09. The number of nitrogens with zero attached hydrogens (tertiary/aromatic N) is 2. The molecule has 88 valence electrons. The Balaban J connectivity index is 1.81.